The Labute approximate surface area is 313 Å². The van der Waals surface area contributed by atoms with Gasteiger partial charge in [0.2, 0.25) is 0 Å². The van der Waals surface area contributed by atoms with Crippen molar-refractivity contribution in [2.45, 2.75) is 18.3 Å². The number of aromatic nitrogens is 3. The van der Waals surface area contributed by atoms with Crippen molar-refractivity contribution in [1.29, 1.82) is 0 Å². The molecular weight excluding hydrogens is 659 g/mol. The molecule has 1 aliphatic heterocycles. The third-order valence-corrected chi connectivity index (χ3v) is 11.3. The normalized spacial score (nSPS) is 16.4. The zero-order valence-electron chi connectivity index (χ0n) is 29.4. The van der Waals surface area contributed by atoms with Gasteiger partial charge in [-0.2, -0.15) is 0 Å². The van der Waals surface area contributed by atoms with Gasteiger partial charge in [-0.05, 0) is 63.6 Å². The van der Waals surface area contributed by atoms with E-state index in [0.717, 1.165) is 63.1 Å². The van der Waals surface area contributed by atoms with Gasteiger partial charge in [0.05, 0.1) is 5.41 Å². The number of rotatable bonds is 4. The minimum atomic E-state index is -0.505. The molecule has 0 saturated carbocycles. The molecule has 254 valence electrons. The van der Waals surface area contributed by atoms with Gasteiger partial charge in [0.15, 0.2) is 17.5 Å². The average Bonchev–Trinajstić information content (AvgIpc) is 3.54. The quantitative estimate of drug-likeness (QED) is 0.184. The van der Waals surface area contributed by atoms with Gasteiger partial charge in [0.25, 0.3) is 0 Å². The Kier molecular flexibility index (Phi) is 6.86. The van der Waals surface area contributed by atoms with Crippen LogP contribution in [0.2, 0.25) is 0 Å². The molecule has 0 bridgehead atoms. The van der Waals surface area contributed by atoms with Gasteiger partial charge >= 0.3 is 0 Å². The van der Waals surface area contributed by atoms with Crippen LogP contribution in [0, 0.1) is 0 Å². The lowest BCUT2D eigenvalue weighted by molar-refractivity contribution is 0.437. The van der Waals surface area contributed by atoms with E-state index < -0.39 is 5.41 Å². The molecule has 0 amide bonds. The predicted molar refractivity (Wildman–Crippen MR) is 217 cm³/mol. The molecule has 3 aliphatic rings. The first-order valence-corrected chi connectivity index (χ1v) is 18.6. The molecule has 1 aromatic heterocycles. The maximum absolute atomic E-state index is 7.06. The maximum Gasteiger partial charge on any atom is 0.164 e. The van der Waals surface area contributed by atoms with Crippen molar-refractivity contribution < 1.29 is 4.74 Å². The van der Waals surface area contributed by atoms with Crippen LogP contribution in [0.3, 0.4) is 0 Å². The van der Waals surface area contributed by atoms with E-state index in [4.69, 9.17) is 19.7 Å². The fourth-order valence-corrected chi connectivity index (χ4v) is 8.95. The number of hydrogen-bond donors (Lipinski definition) is 0. The van der Waals surface area contributed by atoms with E-state index in [1.165, 1.54) is 33.2 Å². The lowest BCUT2D eigenvalue weighted by Crippen LogP contribution is -2.33. The lowest BCUT2D eigenvalue weighted by Gasteiger charge is -2.41. The topological polar surface area (TPSA) is 47.9 Å². The Morgan fingerprint density at radius 3 is 1.98 bits per heavy atom. The highest BCUT2D eigenvalue weighted by atomic mass is 16.5. The average molecular weight is 692 g/mol. The first kappa shape index (κ1) is 30.7. The molecule has 0 N–H and O–H groups in total. The lowest BCUT2D eigenvalue weighted by atomic mass is 9.64. The molecule has 0 saturated heterocycles. The number of ether oxygens (including phenoxy) is 1. The van der Waals surface area contributed by atoms with E-state index in [2.05, 4.69) is 158 Å². The van der Waals surface area contributed by atoms with Gasteiger partial charge in [-0.15, -0.1) is 0 Å². The van der Waals surface area contributed by atoms with Crippen LogP contribution in [-0.2, 0) is 5.41 Å². The zero-order chi connectivity index (χ0) is 35.6. The van der Waals surface area contributed by atoms with E-state index in [1.807, 2.05) is 18.2 Å². The number of nitrogens with zero attached hydrogens (tertiary/aromatic N) is 3. The number of hydrogen-bond acceptors (Lipinski definition) is 4. The summed E-state index contributed by atoms with van der Waals surface area (Å²) in [5, 5.41) is 2.31. The van der Waals surface area contributed by atoms with Crippen molar-refractivity contribution in [3.05, 3.63) is 204 Å². The Morgan fingerprint density at radius 1 is 0.463 bits per heavy atom. The van der Waals surface area contributed by atoms with E-state index in [-0.39, 0.29) is 0 Å². The third-order valence-electron chi connectivity index (χ3n) is 11.3. The second kappa shape index (κ2) is 12.1. The molecular formula is C50H33N3O. The second-order valence-electron chi connectivity index (χ2n) is 14.2. The maximum atomic E-state index is 7.06. The van der Waals surface area contributed by atoms with Crippen molar-refractivity contribution in [2.75, 3.05) is 0 Å². The summed E-state index contributed by atoms with van der Waals surface area (Å²) in [5.74, 6) is 3.60. The monoisotopic (exact) mass is 691 g/mol. The largest absolute Gasteiger partial charge is 0.456 e. The van der Waals surface area contributed by atoms with E-state index in [0.29, 0.717) is 17.5 Å². The summed E-state index contributed by atoms with van der Waals surface area (Å²) in [6, 6.07) is 57.5. The third kappa shape index (κ3) is 4.53. The Hall–Kier alpha value is -6.91. The number of benzene rings is 7. The van der Waals surface area contributed by atoms with Crippen molar-refractivity contribution >= 4 is 16.3 Å². The molecule has 2 aliphatic carbocycles. The summed E-state index contributed by atoms with van der Waals surface area (Å²) in [7, 11) is 0. The summed E-state index contributed by atoms with van der Waals surface area (Å²) < 4.78 is 7.06. The molecule has 1 spiro atoms. The first-order valence-electron chi connectivity index (χ1n) is 18.6. The fraction of sp³-hybridized carbons (Fsp3) is 0.0600. The van der Waals surface area contributed by atoms with E-state index in [1.54, 1.807) is 0 Å². The minimum absolute atomic E-state index is 0.505. The molecule has 1 atom stereocenters. The van der Waals surface area contributed by atoms with Crippen molar-refractivity contribution in [2.24, 2.45) is 0 Å². The molecule has 2 heterocycles. The van der Waals surface area contributed by atoms with Gasteiger partial charge in [0, 0.05) is 33.4 Å². The van der Waals surface area contributed by atoms with Crippen molar-refractivity contribution in [3.63, 3.8) is 0 Å². The van der Waals surface area contributed by atoms with Crippen molar-refractivity contribution in [1.82, 2.24) is 15.0 Å². The zero-order valence-corrected chi connectivity index (χ0v) is 29.4. The van der Waals surface area contributed by atoms with Crippen molar-refractivity contribution in [3.8, 4) is 56.8 Å². The summed E-state index contributed by atoms with van der Waals surface area (Å²) in [5.41, 5.74) is 12.0. The van der Waals surface area contributed by atoms with E-state index in [9.17, 15) is 0 Å². The second-order valence-corrected chi connectivity index (χ2v) is 14.2. The molecule has 54 heavy (non-hydrogen) atoms. The summed E-state index contributed by atoms with van der Waals surface area (Å²) >= 11 is 0. The molecule has 7 aromatic carbocycles. The van der Waals surface area contributed by atoms with Gasteiger partial charge in [-0.1, -0.05) is 164 Å². The molecule has 4 heteroatoms. The number of allylic oxidation sites excluding steroid dienone is 4. The van der Waals surface area contributed by atoms with Crippen LogP contribution < -0.4 is 4.74 Å². The molecule has 0 fully saturated rings. The predicted octanol–water partition coefficient (Wildman–Crippen LogP) is 12.3. The SMILES string of the molecule is C1=CC2=C(CC1)c1ccccc1C21c2ccccc2Oc2c(-c3ccccc3-c3nc(-c4ccccc4)nc(-c4ccc5ccccc5c4)n3)cccc21. The fourth-order valence-electron chi connectivity index (χ4n) is 8.95. The molecule has 8 aromatic rings. The highest BCUT2D eigenvalue weighted by Crippen LogP contribution is 2.63. The first-order chi connectivity index (χ1) is 26.8. The molecule has 4 nitrogen and oxygen atoms in total. The highest BCUT2D eigenvalue weighted by molar-refractivity contribution is 5.93. The van der Waals surface area contributed by atoms with Gasteiger partial charge in [-0.3, -0.25) is 0 Å². The smallest absolute Gasteiger partial charge is 0.164 e. The van der Waals surface area contributed by atoms with Crippen LogP contribution in [0.5, 0.6) is 11.5 Å². The summed E-state index contributed by atoms with van der Waals surface area (Å²) in [6.45, 7) is 0. The van der Waals surface area contributed by atoms with Crippen LogP contribution in [0.4, 0.5) is 0 Å². The standard InChI is InChI=1S/C50H33N3O/c1-2-16-33(17-3-1)47-51-48(35-30-29-32-15-4-5-18-34(32)31-35)53-49(52-47)40-22-7-6-19-36(40)39-23-14-27-44-46(39)54-45-28-13-12-26-43(45)50(44)41-24-10-8-20-37(41)38-21-9-11-25-42(38)50/h1-8,10-20,22-31H,9,21H2. The van der Waals surface area contributed by atoms with E-state index >= 15 is 0 Å². The number of fused-ring (bicyclic) bond motifs is 9. The van der Waals surface area contributed by atoms with Crippen LogP contribution in [0.15, 0.2) is 182 Å². The van der Waals surface area contributed by atoms with Crippen LogP contribution in [0.1, 0.15) is 35.1 Å². The van der Waals surface area contributed by atoms with Crippen LogP contribution in [-0.4, -0.2) is 15.0 Å². The highest BCUT2D eigenvalue weighted by Gasteiger charge is 2.52. The molecule has 0 radical (unpaired) electrons. The van der Waals surface area contributed by atoms with Crippen LogP contribution in [0.25, 0.3) is 61.6 Å². The van der Waals surface area contributed by atoms with Gasteiger partial charge in [0.1, 0.15) is 11.5 Å². The molecule has 1 unspecified atom stereocenters. The van der Waals surface area contributed by atoms with Crippen LogP contribution >= 0.6 is 0 Å². The van der Waals surface area contributed by atoms with Gasteiger partial charge in [-0.25, -0.2) is 15.0 Å². The summed E-state index contributed by atoms with van der Waals surface area (Å²) in [6.07, 6.45) is 6.77. The van der Waals surface area contributed by atoms with Gasteiger partial charge < -0.3 is 4.74 Å². The number of para-hydroxylation sites is 2. The minimum Gasteiger partial charge on any atom is -0.456 e. The Morgan fingerprint density at radius 2 is 1.11 bits per heavy atom. The Balaban J connectivity index is 1.15. The molecule has 11 rings (SSSR count). The summed E-state index contributed by atoms with van der Waals surface area (Å²) in [4.78, 5) is 15.4. The Bertz CT molecular complexity index is 2870.